The fourth-order valence-electron chi connectivity index (χ4n) is 1.86. The van der Waals surface area contributed by atoms with E-state index >= 15 is 0 Å². The van der Waals surface area contributed by atoms with Crippen molar-refractivity contribution in [3.63, 3.8) is 0 Å². The van der Waals surface area contributed by atoms with Gasteiger partial charge in [0.05, 0.1) is 8.49 Å². The first-order valence-corrected chi connectivity index (χ1v) is 7.65. The van der Waals surface area contributed by atoms with Gasteiger partial charge in [0.15, 0.2) is 0 Å². The molecule has 0 spiro atoms. The highest BCUT2D eigenvalue weighted by molar-refractivity contribution is 14.1. The molecule has 0 aromatic heterocycles. The number of nitro benzene ring substituents is 1. The number of rotatable bonds is 4. The fraction of sp³-hybridized carbons (Fsp3) is 0. The highest BCUT2D eigenvalue weighted by Crippen LogP contribution is 2.33. The minimum atomic E-state index is -0.731. The molecule has 0 bridgehead atoms. The Hall–Kier alpha value is -2.93. The van der Waals surface area contributed by atoms with Gasteiger partial charge in [0.2, 0.25) is 5.75 Å². The van der Waals surface area contributed by atoms with Crippen molar-refractivity contribution in [2.24, 2.45) is 0 Å². The molecule has 0 radical (unpaired) electrons. The van der Waals surface area contributed by atoms with Crippen LogP contribution in [0.25, 0.3) is 6.08 Å². The van der Waals surface area contributed by atoms with E-state index in [1.165, 1.54) is 12.1 Å². The number of nitrogens with zero attached hydrogens (tertiary/aromatic N) is 2. The van der Waals surface area contributed by atoms with Crippen molar-refractivity contribution in [2.75, 3.05) is 5.32 Å². The molecule has 24 heavy (non-hydrogen) atoms. The number of phenolic OH excluding ortho intramolecular Hbond substituents is 1. The van der Waals surface area contributed by atoms with Crippen LogP contribution in [0.3, 0.4) is 0 Å². The molecule has 8 heteroatoms. The van der Waals surface area contributed by atoms with Gasteiger partial charge in [0.1, 0.15) is 11.6 Å². The van der Waals surface area contributed by atoms with Crippen LogP contribution in [-0.4, -0.2) is 15.9 Å². The monoisotopic (exact) mass is 435 g/mol. The summed E-state index contributed by atoms with van der Waals surface area (Å²) in [6.45, 7) is 0. The number of hydrogen-bond donors (Lipinski definition) is 2. The Morgan fingerprint density at radius 1 is 1.33 bits per heavy atom. The summed E-state index contributed by atoms with van der Waals surface area (Å²) in [4.78, 5) is 22.3. The number of nitro groups is 1. The van der Waals surface area contributed by atoms with Crippen molar-refractivity contribution < 1.29 is 14.8 Å². The Balaban J connectivity index is 2.35. The van der Waals surface area contributed by atoms with Crippen LogP contribution in [0.5, 0.6) is 5.75 Å². The van der Waals surface area contributed by atoms with Crippen molar-refractivity contribution in [3.05, 3.63) is 67.3 Å². The van der Waals surface area contributed by atoms with Gasteiger partial charge >= 0.3 is 5.69 Å². The molecular weight excluding hydrogens is 425 g/mol. The second-order valence-electron chi connectivity index (χ2n) is 4.62. The first kappa shape index (κ1) is 17.4. The van der Waals surface area contributed by atoms with Gasteiger partial charge in [-0.2, -0.15) is 5.26 Å². The first-order chi connectivity index (χ1) is 11.4. The Kier molecular flexibility index (Phi) is 5.49. The predicted octanol–water partition coefficient (Wildman–Crippen LogP) is 3.45. The summed E-state index contributed by atoms with van der Waals surface area (Å²) in [5, 5.41) is 32.3. The van der Waals surface area contributed by atoms with Gasteiger partial charge in [0.25, 0.3) is 5.91 Å². The van der Waals surface area contributed by atoms with E-state index in [0.717, 1.165) is 6.07 Å². The Labute approximate surface area is 150 Å². The lowest BCUT2D eigenvalue weighted by Gasteiger charge is -2.05. The standard InChI is InChI=1S/C16H10IN3O4/c17-13-7-10(8-14(15(13)21)20(23)24)6-11(9-18)16(22)19-12-4-2-1-3-5-12/h1-8,21H,(H,19,22). The summed E-state index contributed by atoms with van der Waals surface area (Å²) in [7, 11) is 0. The number of phenols is 1. The molecule has 0 aliphatic heterocycles. The topological polar surface area (TPSA) is 116 Å². The van der Waals surface area contributed by atoms with E-state index in [1.54, 1.807) is 59.0 Å². The fourth-order valence-corrected chi connectivity index (χ4v) is 2.50. The quantitative estimate of drug-likeness (QED) is 0.251. The number of halogens is 1. The van der Waals surface area contributed by atoms with Gasteiger partial charge in [-0.3, -0.25) is 14.9 Å². The molecule has 0 saturated heterocycles. The van der Waals surface area contributed by atoms with Crippen molar-refractivity contribution in [2.45, 2.75) is 0 Å². The van der Waals surface area contributed by atoms with E-state index in [9.17, 15) is 25.3 Å². The van der Waals surface area contributed by atoms with Gasteiger partial charge in [-0.1, -0.05) is 18.2 Å². The van der Waals surface area contributed by atoms with Gasteiger partial charge < -0.3 is 10.4 Å². The molecule has 1 amide bonds. The zero-order chi connectivity index (χ0) is 17.7. The average Bonchev–Trinajstić information content (AvgIpc) is 2.56. The van der Waals surface area contributed by atoms with Crippen LogP contribution in [0.4, 0.5) is 11.4 Å². The zero-order valence-electron chi connectivity index (χ0n) is 12.1. The maximum absolute atomic E-state index is 12.1. The normalized spacial score (nSPS) is 10.8. The van der Waals surface area contributed by atoms with E-state index in [1.807, 2.05) is 0 Å². The minimum absolute atomic E-state index is 0.213. The van der Waals surface area contributed by atoms with Gasteiger partial charge in [-0.05, 0) is 52.4 Å². The van der Waals surface area contributed by atoms with Gasteiger partial charge in [-0.15, -0.1) is 0 Å². The molecule has 7 nitrogen and oxygen atoms in total. The number of amides is 1. The summed E-state index contributed by atoms with van der Waals surface area (Å²) in [5.41, 5.74) is 0.0853. The first-order valence-electron chi connectivity index (χ1n) is 6.57. The summed E-state index contributed by atoms with van der Waals surface area (Å²) >= 11 is 1.74. The Morgan fingerprint density at radius 3 is 2.58 bits per heavy atom. The van der Waals surface area contributed by atoms with Crippen molar-refractivity contribution in [1.29, 1.82) is 5.26 Å². The lowest BCUT2D eigenvalue weighted by molar-refractivity contribution is -0.386. The summed E-state index contributed by atoms with van der Waals surface area (Å²) < 4.78 is 0.244. The molecule has 0 aliphatic carbocycles. The summed E-state index contributed by atoms with van der Waals surface area (Å²) in [6, 6.07) is 12.9. The number of nitriles is 1. The van der Waals surface area contributed by atoms with Crippen LogP contribution < -0.4 is 5.32 Å². The number of hydrogen-bond acceptors (Lipinski definition) is 5. The molecule has 2 aromatic carbocycles. The van der Waals surface area contributed by atoms with E-state index in [-0.39, 0.29) is 14.7 Å². The minimum Gasteiger partial charge on any atom is -0.501 e. The average molecular weight is 435 g/mol. The molecule has 0 saturated carbocycles. The van der Waals surface area contributed by atoms with Crippen LogP contribution in [0.1, 0.15) is 5.56 Å². The van der Waals surface area contributed by atoms with E-state index in [2.05, 4.69) is 5.32 Å². The molecule has 0 unspecified atom stereocenters. The summed E-state index contributed by atoms with van der Waals surface area (Å²) in [6.07, 6.45) is 1.23. The third-order valence-electron chi connectivity index (χ3n) is 2.97. The number of anilines is 1. The van der Waals surface area contributed by atoms with Crippen LogP contribution in [-0.2, 0) is 4.79 Å². The van der Waals surface area contributed by atoms with Crippen LogP contribution in [0.15, 0.2) is 48.0 Å². The third kappa shape index (κ3) is 4.08. The second-order valence-corrected chi connectivity index (χ2v) is 5.78. The Bertz CT molecular complexity index is 873. The highest BCUT2D eigenvalue weighted by Gasteiger charge is 2.18. The van der Waals surface area contributed by atoms with Crippen LogP contribution in [0, 0.1) is 25.0 Å². The predicted molar refractivity (Wildman–Crippen MR) is 96.1 cm³/mol. The molecule has 0 atom stereocenters. The maximum Gasteiger partial charge on any atom is 0.312 e. The van der Waals surface area contributed by atoms with Crippen molar-refractivity contribution in [1.82, 2.24) is 0 Å². The zero-order valence-corrected chi connectivity index (χ0v) is 14.2. The second kappa shape index (κ2) is 7.56. The molecule has 2 rings (SSSR count). The number of carbonyl (C=O) groups excluding carboxylic acids is 1. The number of nitrogens with one attached hydrogen (secondary N) is 1. The molecule has 120 valence electrons. The molecule has 2 N–H and O–H groups in total. The largest absolute Gasteiger partial charge is 0.501 e. The molecule has 0 heterocycles. The third-order valence-corrected chi connectivity index (χ3v) is 3.79. The Morgan fingerprint density at radius 2 is 2.00 bits per heavy atom. The molecule has 2 aromatic rings. The maximum atomic E-state index is 12.1. The highest BCUT2D eigenvalue weighted by atomic mass is 127. The lowest BCUT2D eigenvalue weighted by atomic mass is 10.1. The molecular formula is C16H10IN3O4. The van der Waals surface area contributed by atoms with Gasteiger partial charge in [-0.25, -0.2) is 0 Å². The number of para-hydroxylation sites is 1. The van der Waals surface area contributed by atoms with E-state index < -0.39 is 22.3 Å². The van der Waals surface area contributed by atoms with E-state index in [0.29, 0.717) is 5.69 Å². The number of benzene rings is 2. The number of aromatic hydroxyl groups is 1. The summed E-state index contributed by atoms with van der Waals surface area (Å²) in [5.74, 6) is -1.08. The van der Waals surface area contributed by atoms with Gasteiger partial charge in [0, 0.05) is 11.8 Å². The lowest BCUT2D eigenvalue weighted by Crippen LogP contribution is -2.13. The van der Waals surface area contributed by atoms with E-state index in [4.69, 9.17) is 0 Å². The van der Waals surface area contributed by atoms with Crippen LogP contribution in [0.2, 0.25) is 0 Å². The molecule has 0 fully saturated rings. The SMILES string of the molecule is N#CC(=Cc1cc(I)c(O)c([N+](=O)[O-])c1)C(=O)Nc1ccccc1. The smallest absolute Gasteiger partial charge is 0.312 e. The van der Waals surface area contributed by atoms with Crippen molar-refractivity contribution >= 4 is 45.9 Å². The molecule has 0 aliphatic rings. The number of carbonyl (C=O) groups is 1. The van der Waals surface area contributed by atoms with Crippen LogP contribution >= 0.6 is 22.6 Å². The van der Waals surface area contributed by atoms with Crippen molar-refractivity contribution in [3.8, 4) is 11.8 Å².